The van der Waals surface area contributed by atoms with E-state index < -0.39 is 6.09 Å². The lowest BCUT2D eigenvalue weighted by atomic mass is 10.1. The molecule has 6 nitrogen and oxygen atoms in total. The van der Waals surface area contributed by atoms with Crippen molar-refractivity contribution in [2.24, 2.45) is 0 Å². The fourth-order valence-corrected chi connectivity index (χ4v) is 2.84. The van der Waals surface area contributed by atoms with Crippen LogP contribution in [0.15, 0.2) is 24.3 Å². The number of hydrogen-bond donors (Lipinski definition) is 0. The van der Waals surface area contributed by atoms with Crippen LogP contribution in [0.4, 0.5) is 4.79 Å². The molecule has 0 radical (unpaired) electrons. The van der Waals surface area contributed by atoms with Crippen LogP contribution in [0.25, 0.3) is 0 Å². The first-order valence-corrected chi connectivity index (χ1v) is 6.91. The monoisotopic (exact) mass is 288 g/mol. The quantitative estimate of drug-likeness (QED) is 0.820. The van der Waals surface area contributed by atoms with E-state index in [1.54, 1.807) is 11.0 Å². The van der Waals surface area contributed by atoms with Gasteiger partial charge in [0.1, 0.15) is 0 Å². The Morgan fingerprint density at radius 1 is 1.29 bits per heavy atom. The highest BCUT2D eigenvalue weighted by atomic mass is 16.6. The molecule has 0 bridgehead atoms. The van der Waals surface area contributed by atoms with Gasteiger partial charge in [-0.05, 0) is 25.0 Å². The van der Waals surface area contributed by atoms with E-state index >= 15 is 0 Å². The van der Waals surface area contributed by atoms with Gasteiger partial charge in [0.15, 0.2) is 6.61 Å². The van der Waals surface area contributed by atoms with Crippen molar-refractivity contribution in [1.82, 2.24) is 9.80 Å². The predicted octanol–water partition coefficient (Wildman–Crippen LogP) is 1.19. The van der Waals surface area contributed by atoms with Crippen LogP contribution in [0, 0.1) is 6.92 Å². The van der Waals surface area contributed by atoms with E-state index in [1.807, 2.05) is 25.1 Å². The number of carbonyl (C=O) groups excluding carboxylic acids is 3. The molecule has 0 aromatic heterocycles. The van der Waals surface area contributed by atoms with Gasteiger partial charge >= 0.3 is 6.09 Å². The molecule has 6 heteroatoms. The summed E-state index contributed by atoms with van der Waals surface area (Å²) < 4.78 is 4.72. The molecule has 0 spiro atoms. The Morgan fingerprint density at radius 3 is 2.71 bits per heavy atom. The Balaban J connectivity index is 1.73. The Bertz CT molecular complexity index is 597. The number of hydrogen-bond acceptors (Lipinski definition) is 4. The summed E-state index contributed by atoms with van der Waals surface area (Å²) in [6, 6.07) is 7.12. The summed E-state index contributed by atoms with van der Waals surface area (Å²) in [7, 11) is 0. The molecule has 0 unspecified atom stereocenters. The van der Waals surface area contributed by atoms with Gasteiger partial charge in [-0.2, -0.15) is 0 Å². The van der Waals surface area contributed by atoms with E-state index in [0.29, 0.717) is 25.1 Å². The minimum atomic E-state index is -0.602. The van der Waals surface area contributed by atoms with Crippen molar-refractivity contribution in [3.05, 3.63) is 35.4 Å². The van der Waals surface area contributed by atoms with Crippen molar-refractivity contribution >= 4 is 17.9 Å². The molecule has 2 aliphatic heterocycles. The molecule has 2 saturated heterocycles. The summed E-state index contributed by atoms with van der Waals surface area (Å²) in [5, 5.41) is 0. The predicted molar refractivity (Wildman–Crippen MR) is 73.7 cm³/mol. The van der Waals surface area contributed by atoms with Gasteiger partial charge in [-0.15, -0.1) is 0 Å². The van der Waals surface area contributed by atoms with Crippen molar-refractivity contribution < 1.29 is 19.1 Å². The Kier molecular flexibility index (Phi) is 3.37. The SMILES string of the molecule is Cc1ccccc1C(=O)N1CC[C@@H](N2C(=O)COC2=O)C1. The zero-order chi connectivity index (χ0) is 15.0. The van der Waals surface area contributed by atoms with E-state index in [2.05, 4.69) is 0 Å². The van der Waals surface area contributed by atoms with Crippen LogP contribution in [0.5, 0.6) is 0 Å². The number of amides is 3. The lowest BCUT2D eigenvalue weighted by Gasteiger charge is -2.21. The van der Waals surface area contributed by atoms with Crippen LogP contribution in [0.1, 0.15) is 22.3 Å². The molecule has 2 heterocycles. The molecule has 1 aromatic carbocycles. The second kappa shape index (κ2) is 5.20. The van der Waals surface area contributed by atoms with Crippen LogP contribution in [0.3, 0.4) is 0 Å². The number of benzene rings is 1. The number of carbonyl (C=O) groups is 3. The largest absolute Gasteiger partial charge is 0.439 e. The van der Waals surface area contributed by atoms with Crippen LogP contribution in [0.2, 0.25) is 0 Å². The number of nitrogens with zero attached hydrogens (tertiary/aromatic N) is 2. The molecule has 3 rings (SSSR count). The fraction of sp³-hybridized carbons (Fsp3) is 0.400. The van der Waals surface area contributed by atoms with E-state index in [9.17, 15) is 14.4 Å². The Labute approximate surface area is 122 Å². The molecule has 3 amide bonds. The number of cyclic esters (lactones) is 1. The minimum Gasteiger partial charge on any atom is -0.439 e. The zero-order valence-electron chi connectivity index (χ0n) is 11.7. The number of rotatable bonds is 2. The average molecular weight is 288 g/mol. The third-order valence-electron chi connectivity index (χ3n) is 3.98. The van der Waals surface area contributed by atoms with Gasteiger partial charge < -0.3 is 9.64 Å². The third kappa shape index (κ3) is 2.37. The van der Waals surface area contributed by atoms with Crippen molar-refractivity contribution in [1.29, 1.82) is 0 Å². The van der Waals surface area contributed by atoms with Gasteiger partial charge in [0.25, 0.3) is 11.8 Å². The van der Waals surface area contributed by atoms with Crippen molar-refractivity contribution in [3.8, 4) is 0 Å². The topological polar surface area (TPSA) is 66.9 Å². The lowest BCUT2D eigenvalue weighted by molar-refractivity contribution is -0.127. The smallest absolute Gasteiger partial charge is 0.417 e. The molecule has 1 atom stereocenters. The van der Waals surface area contributed by atoms with Gasteiger partial charge in [0, 0.05) is 18.7 Å². The maximum absolute atomic E-state index is 12.5. The first kappa shape index (κ1) is 13.6. The van der Waals surface area contributed by atoms with Gasteiger partial charge in [-0.1, -0.05) is 18.2 Å². The van der Waals surface area contributed by atoms with Crippen LogP contribution < -0.4 is 0 Å². The van der Waals surface area contributed by atoms with E-state index in [-0.39, 0.29) is 24.5 Å². The number of imide groups is 1. The zero-order valence-corrected chi connectivity index (χ0v) is 11.7. The highest BCUT2D eigenvalue weighted by Gasteiger charge is 2.41. The summed E-state index contributed by atoms with van der Waals surface area (Å²) in [6.45, 7) is 2.60. The molecular weight excluding hydrogens is 272 g/mol. The first-order chi connectivity index (χ1) is 10.1. The highest BCUT2D eigenvalue weighted by Crippen LogP contribution is 2.22. The highest BCUT2D eigenvalue weighted by molar-refractivity contribution is 5.99. The first-order valence-electron chi connectivity index (χ1n) is 6.91. The summed E-state index contributed by atoms with van der Waals surface area (Å²) >= 11 is 0. The van der Waals surface area contributed by atoms with Crippen LogP contribution >= 0.6 is 0 Å². The molecular formula is C15H16N2O4. The Morgan fingerprint density at radius 2 is 2.05 bits per heavy atom. The molecule has 0 N–H and O–H groups in total. The average Bonchev–Trinajstić information content (AvgIpc) is 3.06. The van der Waals surface area contributed by atoms with Crippen LogP contribution in [-0.4, -0.2) is 53.4 Å². The van der Waals surface area contributed by atoms with Gasteiger partial charge in [-0.25, -0.2) is 9.69 Å². The standard InChI is InChI=1S/C15H16N2O4/c1-10-4-2-3-5-12(10)14(19)16-7-6-11(8-16)17-13(18)9-21-15(17)20/h2-5,11H,6-9H2,1H3/t11-/m1/s1. The minimum absolute atomic E-state index is 0.0596. The van der Waals surface area contributed by atoms with Crippen molar-refractivity contribution in [2.75, 3.05) is 19.7 Å². The summed E-state index contributed by atoms with van der Waals surface area (Å²) in [5.74, 6) is -0.384. The number of aryl methyl sites for hydroxylation is 1. The van der Waals surface area contributed by atoms with Crippen LogP contribution in [-0.2, 0) is 9.53 Å². The molecule has 110 valence electrons. The third-order valence-corrected chi connectivity index (χ3v) is 3.98. The number of ether oxygens (including phenoxy) is 1. The van der Waals surface area contributed by atoms with Gasteiger partial charge in [0.2, 0.25) is 0 Å². The molecule has 2 fully saturated rings. The van der Waals surface area contributed by atoms with Crippen molar-refractivity contribution in [3.63, 3.8) is 0 Å². The Hall–Kier alpha value is -2.37. The normalized spacial score (nSPS) is 21.9. The van der Waals surface area contributed by atoms with Gasteiger partial charge in [0.05, 0.1) is 6.04 Å². The molecule has 0 aliphatic carbocycles. The fourth-order valence-electron chi connectivity index (χ4n) is 2.84. The molecule has 1 aromatic rings. The lowest BCUT2D eigenvalue weighted by Crippen LogP contribution is -2.42. The summed E-state index contributed by atoms with van der Waals surface area (Å²) in [5.41, 5.74) is 1.58. The summed E-state index contributed by atoms with van der Waals surface area (Å²) in [4.78, 5) is 38.5. The van der Waals surface area contributed by atoms with E-state index in [1.165, 1.54) is 0 Å². The van der Waals surface area contributed by atoms with Crippen molar-refractivity contribution in [2.45, 2.75) is 19.4 Å². The maximum Gasteiger partial charge on any atom is 0.417 e. The van der Waals surface area contributed by atoms with E-state index in [4.69, 9.17) is 4.74 Å². The molecule has 0 saturated carbocycles. The maximum atomic E-state index is 12.5. The number of likely N-dealkylation sites (tertiary alicyclic amines) is 1. The second-order valence-electron chi connectivity index (χ2n) is 5.33. The van der Waals surface area contributed by atoms with Gasteiger partial charge in [-0.3, -0.25) is 9.59 Å². The summed E-state index contributed by atoms with van der Waals surface area (Å²) in [6.07, 6.45) is -0.00598. The molecule has 2 aliphatic rings. The molecule has 21 heavy (non-hydrogen) atoms. The second-order valence-corrected chi connectivity index (χ2v) is 5.33. The van der Waals surface area contributed by atoms with E-state index in [0.717, 1.165) is 10.5 Å².